The SMILES string of the molecule is COc1cc(NC(CO)C(C)C)ccc1[N+](=O)[O-]. The van der Waals surface area contributed by atoms with Crippen molar-refractivity contribution in [3.63, 3.8) is 0 Å². The van der Waals surface area contributed by atoms with Gasteiger partial charge in [-0.1, -0.05) is 13.8 Å². The van der Waals surface area contributed by atoms with Gasteiger partial charge in [0.25, 0.3) is 0 Å². The molecule has 0 radical (unpaired) electrons. The number of hydrogen-bond acceptors (Lipinski definition) is 5. The normalized spacial score (nSPS) is 12.3. The number of nitro benzene ring substituents is 1. The minimum atomic E-state index is -0.491. The number of nitrogens with one attached hydrogen (secondary N) is 1. The molecule has 18 heavy (non-hydrogen) atoms. The first-order valence-electron chi connectivity index (χ1n) is 5.69. The van der Waals surface area contributed by atoms with E-state index in [1.54, 1.807) is 12.1 Å². The van der Waals surface area contributed by atoms with Crippen LogP contribution in [-0.2, 0) is 0 Å². The van der Waals surface area contributed by atoms with Crippen LogP contribution in [0, 0.1) is 16.0 Å². The lowest BCUT2D eigenvalue weighted by atomic mass is 10.1. The molecule has 0 bridgehead atoms. The van der Waals surface area contributed by atoms with Crippen LogP contribution < -0.4 is 10.1 Å². The highest BCUT2D eigenvalue weighted by Gasteiger charge is 2.17. The number of anilines is 1. The fourth-order valence-corrected chi connectivity index (χ4v) is 1.56. The molecular weight excluding hydrogens is 236 g/mol. The van der Waals surface area contributed by atoms with Crippen molar-refractivity contribution in [2.75, 3.05) is 19.0 Å². The fourth-order valence-electron chi connectivity index (χ4n) is 1.56. The van der Waals surface area contributed by atoms with Gasteiger partial charge in [-0.05, 0) is 12.0 Å². The van der Waals surface area contributed by atoms with Crippen LogP contribution in [0.15, 0.2) is 18.2 Å². The van der Waals surface area contributed by atoms with E-state index in [0.29, 0.717) is 5.69 Å². The number of aliphatic hydroxyl groups excluding tert-OH is 1. The molecule has 2 N–H and O–H groups in total. The Bertz CT molecular complexity index is 421. The summed E-state index contributed by atoms with van der Waals surface area (Å²) < 4.78 is 4.98. The maximum atomic E-state index is 10.7. The molecule has 0 saturated carbocycles. The third-order valence-electron chi connectivity index (χ3n) is 2.73. The second kappa shape index (κ2) is 6.20. The molecule has 1 unspecified atom stereocenters. The van der Waals surface area contributed by atoms with Gasteiger partial charge in [-0.25, -0.2) is 0 Å². The number of methoxy groups -OCH3 is 1. The first-order valence-corrected chi connectivity index (χ1v) is 5.69. The van der Waals surface area contributed by atoms with Gasteiger partial charge in [0.05, 0.1) is 24.7 Å². The van der Waals surface area contributed by atoms with Crippen molar-refractivity contribution in [3.8, 4) is 5.75 Å². The fraction of sp³-hybridized carbons (Fsp3) is 0.500. The molecule has 0 aromatic heterocycles. The Balaban J connectivity index is 2.95. The van der Waals surface area contributed by atoms with E-state index in [-0.39, 0.29) is 30.0 Å². The predicted molar refractivity (Wildman–Crippen MR) is 69.0 cm³/mol. The highest BCUT2D eigenvalue weighted by atomic mass is 16.6. The number of rotatable bonds is 6. The van der Waals surface area contributed by atoms with Crippen LogP contribution in [0.4, 0.5) is 11.4 Å². The van der Waals surface area contributed by atoms with Crippen molar-refractivity contribution in [1.82, 2.24) is 0 Å². The number of aliphatic hydroxyl groups is 1. The van der Waals surface area contributed by atoms with Gasteiger partial charge in [0.15, 0.2) is 5.75 Å². The van der Waals surface area contributed by atoms with Gasteiger partial charge >= 0.3 is 5.69 Å². The van der Waals surface area contributed by atoms with Crippen LogP contribution >= 0.6 is 0 Å². The van der Waals surface area contributed by atoms with Crippen molar-refractivity contribution < 1.29 is 14.8 Å². The average Bonchev–Trinajstić information content (AvgIpc) is 2.34. The summed E-state index contributed by atoms with van der Waals surface area (Å²) in [5, 5.41) is 23.1. The molecule has 1 aromatic rings. The Morgan fingerprint density at radius 1 is 1.50 bits per heavy atom. The Labute approximate surface area is 106 Å². The molecule has 0 aliphatic rings. The van der Waals surface area contributed by atoms with E-state index in [9.17, 15) is 15.2 Å². The number of nitro groups is 1. The Kier molecular flexibility index (Phi) is 4.91. The summed E-state index contributed by atoms with van der Waals surface area (Å²) in [6.45, 7) is 3.96. The van der Waals surface area contributed by atoms with Crippen molar-refractivity contribution in [2.24, 2.45) is 5.92 Å². The number of hydrogen-bond donors (Lipinski definition) is 2. The summed E-state index contributed by atoms with van der Waals surface area (Å²) in [6, 6.07) is 4.45. The van der Waals surface area contributed by atoms with Crippen molar-refractivity contribution in [3.05, 3.63) is 28.3 Å². The summed E-state index contributed by atoms with van der Waals surface area (Å²) in [6.07, 6.45) is 0. The Hall–Kier alpha value is -1.82. The van der Waals surface area contributed by atoms with Gasteiger partial charge in [-0.2, -0.15) is 0 Å². The van der Waals surface area contributed by atoms with Crippen molar-refractivity contribution >= 4 is 11.4 Å². The van der Waals surface area contributed by atoms with E-state index in [1.165, 1.54) is 13.2 Å². The highest BCUT2D eigenvalue weighted by Crippen LogP contribution is 2.30. The van der Waals surface area contributed by atoms with E-state index < -0.39 is 4.92 Å². The molecule has 0 aliphatic carbocycles. The smallest absolute Gasteiger partial charge is 0.311 e. The summed E-state index contributed by atoms with van der Waals surface area (Å²) in [7, 11) is 1.39. The highest BCUT2D eigenvalue weighted by molar-refractivity contribution is 5.58. The molecule has 0 heterocycles. The summed E-state index contributed by atoms with van der Waals surface area (Å²) >= 11 is 0. The van der Waals surface area contributed by atoms with E-state index in [4.69, 9.17) is 4.74 Å². The molecule has 0 aliphatic heterocycles. The van der Waals surface area contributed by atoms with Crippen molar-refractivity contribution in [1.29, 1.82) is 0 Å². The minimum absolute atomic E-state index is 0.00301. The molecule has 0 spiro atoms. The molecule has 0 fully saturated rings. The third-order valence-corrected chi connectivity index (χ3v) is 2.73. The summed E-state index contributed by atoms with van der Waals surface area (Å²) in [4.78, 5) is 10.3. The van der Waals surface area contributed by atoms with E-state index in [0.717, 1.165) is 0 Å². The number of benzene rings is 1. The maximum absolute atomic E-state index is 10.7. The zero-order valence-electron chi connectivity index (χ0n) is 10.7. The van der Waals surface area contributed by atoms with E-state index in [2.05, 4.69) is 5.32 Å². The maximum Gasteiger partial charge on any atom is 0.311 e. The second-order valence-electron chi connectivity index (χ2n) is 4.32. The summed E-state index contributed by atoms with van der Waals surface area (Å²) in [5.74, 6) is 0.446. The lowest BCUT2D eigenvalue weighted by molar-refractivity contribution is -0.385. The van der Waals surface area contributed by atoms with Gasteiger partial charge in [0.1, 0.15) is 0 Å². The van der Waals surface area contributed by atoms with Crippen LogP contribution in [0.5, 0.6) is 5.75 Å². The molecule has 100 valence electrons. The lowest BCUT2D eigenvalue weighted by Crippen LogP contribution is -2.29. The molecule has 6 nitrogen and oxygen atoms in total. The Morgan fingerprint density at radius 3 is 2.61 bits per heavy atom. The molecule has 0 amide bonds. The molecule has 1 rings (SSSR count). The van der Waals surface area contributed by atoms with Crippen LogP contribution in [0.3, 0.4) is 0 Å². The van der Waals surface area contributed by atoms with Gasteiger partial charge in [-0.3, -0.25) is 10.1 Å². The van der Waals surface area contributed by atoms with Crippen LogP contribution in [0.2, 0.25) is 0 Å². The van der Waals surface area contributed by atoms with E-state index in [1.807, 2.05) is 13.8 Å². The van der Waals surface area contributed by atoms with Crippen LogP contribution in [0.1, 0.15) is 13.8 Å². The quantitative estimate of drug-likeness (QED) is 0.599. The predicted octanol–water partition coefficient (Wildman–Crippen LogP) is 2.03. The second-order valence-corrected chi connectivity index (χ2v) is 4.32. The topological polar surface area (TPSA) is 84.6 Å². The zero-order chi connectivity index (χ0) is 13.7. The van der Waals surface area contributed by atoms with Gasteiger partial charge in [0, 0.05) is 17.8 Å². The summed E-state index contributed by atoms with van der Waals surface area (Å²) in [5.41, 5.74) is 0.610. The molecule has 0 saturated heterocycles. The Morgan fingerprint density at radius 2 is 2.17 bits per heavy atom. The monoisotopic (exact) mass is 254 g/mol. The number of nitrogens with zero attached hydrogens (tertiary/aromatic N) is 1. The number of ether oxygens (including phenoxy) is 1. The first-order chi connectivity index (χ1) is 8.49. The molecule has 1 aromatic carbocycles. The van der Waals surface area contributed by atoms with Gasteiger partial charge < -0.3 is 15.2 Å². The minimum Gasteiger partial charge on any atom is -0.490 e. The largest absolute Gasteiger partial charge is 0.490 e. The van der Waals surface area contributed by atoms with Crippen LogP contribution in [0.25, 0.3) is 0 Å². The molecule has 1 atom stereocenters. The average molecular weight is 254 g/mol. The van der Waals surface area contributed by atoms with Crippen LogP contribution in [-0.4, -0.2) is 29.8 Å². The molecular formula is C12H18N2O4. The third kappa shape index (κ3) is 3.33. The van der Waals surface area contributed by atoms with Gasteiger partial charge in [0.2, 0.25) is 0 Å². The van der Waals surface area contributed by atoms with Gasteiger partial charge in [-0.15, -0.1) is 0 Å². The lowest BCUT2D eigenvalue weighted by Gasteiger charge is -2.21. The zero-order valence-corrected chi connectivity index (χ0v) is 10.7. The molecule has 6 heteroatoms. The van der Waals surface area contributed by atoms with E-state index >= 15 is 0 Å². The van der Waals surface area contributed by atoms with Crippen molar-refractivity contribution in [2.45, 2.75) is 19.9 Å². The standard InChI is InChI=1S/C12H18N2O4/c1-8(2)10(7-15)13-9-4-5-11(14(16)17)12(6-9)18-3/h4-6,8,10,13,15H,7H2,1-3H3. The first kappa shape index (κ1) is 14.2.